The van der Waals surface area contributed by atoms with Crippen LogP contribution in [-0.2, 0) is 0 Å². The molecule has 0 fully saturated rings. The van der Waals surface area contributed by atoms with Gasteiger partial charge in [0.05, 0.1) is 11.4 Å². The second kappa shape index (κ2) is 9.37. The molecule has 9 aromatic rings. The topological polar surface area (TPSA) is 29.5 Å². The molecule has 2 heterocycles. The summed E-state index contributed by atoms with van der Waals surface area (Å²) in [6, 6.07) is 53.2. The lowest BCUT2D eigenvalue weighted by atomic mass is 10.0. The number of rotatable bonds is 4. The Hall–Kier alpha value is -5.80. The highest BCUT2D eigenvalue weighted by Gasteiger charge is 2.20. The number of furan rings is 2. The van der Waals surface area contributed by atoms with E-state index >= 15 is 0 Å². The molecule has 43 heavy (non-hydrogen) atoms. The summed E-state index contributed by atoms with van der Waals surface area (Å²) in [6.45, 7) is 0. The van der Waals surface area contributed by atoms with Crippen molar-refractivity contribution in [1.82, 2.24) is 0 Å². The number of fused-ring (bicyclic) bond motifs is 7. The van der Waals surface area contributed by atoms with E-state index in [1.165, 1.54) is 21.9 Å². The molecule has 0 aliphatic heterocycles. The maximum Gasteiger partial charge on any atom is 0.159 e. The van der Waals surface area contributed by atoms with Crippen molar-refractivity contribution in [2.45, 2.75) is 0 Å². The quantitative estimate of drug-likeness (QED) is 0.218. The second-order valence-electron chi connectivity index (χ2n) is 11.0. The first-order chi connectivity index (χ1) is 21.3. The maximum absolute atomic E-state index is 6.51. The van der Waals surface area contributed by atoms with Gasteiger partial charge in [-0.05, 0) is 70.4 Å². The van der Waals surface area contributed by atoms with Crippen molar-refractivity contribution in [1.29, 1.82) is 0 Å². The van der Waals surface area contributed by atoms with E-state index in [1.807, 2.05) is 24.3 Å². The predicted molar refractivity (Wildman–Crippen MR) is 179 cm³/mol. The number of hydrogen-bond acceptors (Lipinski definition) is 3. The van der Waals surface area contributed by atoms with E-state index in [-0.39, 0.29) is 0 Å². The number of nitrogens with zero attached hydrogens (tertiary/aromatic N) is 1. The summed E-state index contributed by atoms with van der Waals surface area (Å²) in [6.07, 6.45) is 0. The molecular weight excluding hydrogens is 526 g/mol. The van der Waals surface area contributed by atoms with Gasteiger partial charge in [-0.3, -0.25) is 0 Å². The third-order valence-corrected chi connectivity index (χ3v) is 8.45. The molecule has 0 radical (unpaired) electrons. The van der Waals surface area contributed by atoms with Crippen LogP contribution in [0.1, 0.15) is 0 Å². The summed E-state index contributed by atoms with van der Waals surface area (Å²) in [4.78, 5) is 2.27. The van der Waals surface area contributed by atoms with Gasteiger partial charge in [0.15, 0.2) is 5.58 Å². The van der Waals surface area contributed by atoms with Gasteiger partial charge in [0.2, 0.25) is 0 Å². The summed E-state index contributed by atoms with van der Waals surface area (Å²) >= 11 is 0. The molecule has 9 rings (SSSR count). The Morgan fingerprint density at radius 1 is 0.372 bits per heavy atom. The third-order valence-electron chi connectivity index (χ3n) is 8.45. The Bertz CT molecular complexity index is 2460. The molecule has 0 unspecified atom stereocenters. The van der Waals surface area contributed by atoms with Crippen LogP contribution in [0.5, 0.6) is 0 Å². The fraction of sp³-hybridized carbons (Fsp3) is 0. The van der Waals surface area contributed by atoms with Crippen molar-refractivity contribution in [2.24, 2.45) is 0 Å². The van der Waals surface area contributed by atoms with Gasteiger partial charge >= 0.3 is 0 Å². The number of para-hydroxylation sites is 3. The minimum atomic E-state index is 0.854. The van der Waals surface area contributed by atoms with Crippen LogP contribution in [0.15, 0.2) is 160 Å². The van der Waals surface area contributed by atoms with Crippen molar-refractivity contribution in [3.05, 3.63) is 152 Å². The molecule has 0 N–H and O–H groups in total. The summed E-state index contributed by atoms with van der Waals surface area (Å²) in [7, 11) is 0. The average Bonchev–Trinajstić information content (AvgIpc) is 3.64. The van der Waals surface area contributed by atoms with Gasteiger partial charge in [-0.1, -0.05) is 97.1 Å². The molecule has 0 spiro atoms. The van der Waals surface area contributed by atoms with E-state index in [0.717, 1.165) is 60.9 Å². The van der Waals surface area contributed by atoms with Crippen LogP contribution in [0.25, 0.3) is 65.8 Å². The lowest BCUT2D eigenvalue weighted by Gasteiger charge is -2.25. The lowest BCUT2D eigenvalue weighted by Crippen LogP contribution is -2.10. The van der Waals surface area contributed by atoms with Gasteiger partial charge in [-0.25, -0.2) is 0 Å². The SMILES string of the molecule is c1ccc2cc(-c3ccc(N(c4ccc5c(c4)oc4ccccc45)c4cccc5c4oc4ccccc45)cc3)ccc2c1. The van der Waals surface area contributed by atoms with Gasteiger partial charge in [0, 0.05) is 33.3 Å². The molecule has 202 valence electrons. The van der Waals surface area contributed by atoms with Crippen molar-refractivity contribution < 1.29 is 8.83 Å². The number of anilines is 3. The average molecular weight is 552 g/mol. The Morgan fingerprint density at radius 2 is 1.00 bits per heavy atom. The van der Waals surface area contributed by atoms with Crippen LogP contribution in [0.2, 0.25) is 0 Å². The zero-order valence-electron chi connectivity index (χ0n) is 23.2. The minimum absolute atomic E-state index is 0.854. The van der Waals surface area contributed by atoms with Crippen LogP contribution in [0, 0.1) is 0 Å². The predicted octanol–water partition coefficient (Wildman–Crippen LogP) is 11.8. The first kappa shape index (κ1) is 23.9. The van der Waals surface area contributed by atoms with Crippen molar-refractivity contribution in [2.75, 3.05) is 4.90 Å². The molecule has 2 aromatic heterocycles. The molecule has 3 nitrogen and oxygen atoms in total. The molecule has 7 aromatic carbocycles. The lowest BCUT2D eigenvalue weighted by molar-refractivity contribution is 0.667. The summed E-state index contributed by atoms with van der Waals surface area (Å²) in [5, 5.41) is 6.91. The maximum atomic E-state index is 6.51. The second-order valence-corrected chi connectivity index (χ2v) is 11.0. The van der Waals surface area contributed by atoms with Gasteiger partial charge in [0.1, 0.15) is 16.7 Å². The van der Waals surface area contributed by atoms with E-state index in [1.54, 1.807) is 0 Å². The normalized spacial score (nSPS) is 11.7. The Balaban J connectivity index is 1.23. The standard InChI is InChI=1S/C40H25NO2/c1-2-9-28-24-29(17-16-26(28)8-1)27-18-20-30(21-19-27)41(31-22-23-34-32-10-3-5-14-37(32)42-39(34)25-31)36-13-7-12-35-33-11-4-6-15-38(33)43-40(35)36/h1-25H. The fourth-order valence-corrected chi connectivity index (χ4v) is 6.36. The Kier molecular flexibility index (Phi) is 5.20. The molecule has 0 atom stereocenters. The molecule has 0 saturated carbocycles. The summed E-state index contributed by atoms with van der Waals surface area (Å²) < 4.78 is 12.8. The largest absolute Gasteiger partial charge is 0.456 e. The Morgan fingerprint density at radius 3 is 1.84 bits per heavy atom. The zero-order chi connectivity index (χ0) is 28.3. The van der Waals surface area contributed by atoms with Gasteiger partial charge in [0.25, 0.3) is 0 Å². The molecular formula is C40H25NO2. The van der Waals surface area contributed by atoms with E-state index in [2.05, 4.69) is 132 Å². The highest BCUT2D eigenvalue weighted by Crippen LogP contribution is 2.43. The van der Waals surface area contributed by atoms with E-state index < -0.39 is 0 Å². The van der Waals surface area contributed by atoms with Crippen LogP contribution in [-0.4, -0.2) is 0 Å². The first-order valence-corrected chi connectivity index (χ1v) is 14.5. The summed E-state index contributed by atoms with van der Waals surface area (Å²) in [5.74, 6) is 0. The van der Waals surface area contributed by atoms with Crippen molar-refractivity contribution >= 4 is 71.7 Å². The highest BCUT2D eigenvalue weighted by molar-refractivity contribution is 6.11. The molecule has 0 aliphatic carbocycles. The molecule has 3 heteroatoms. The third kappa shape index (κ3) is 3.83. The van der Waals surface area contributed by atoms with Crippen molar-refractivity contribution in [3.8, 4) is 11.1 Å². The van der Waals surface area contributed by atoms with E-state index in [0.29, 0.717) is 0 Å². The monoisotopic (exact) mass is 551 g/mol. The highest BCUT2D eigenvalue weighted by atomic mass is 16.3. The molecule has 0 amide bonds. The minimum Gasteiger partial charge on any atom is -0.456 e. The molecule has 0 saturated heterocycles. The van der Waals surface area contributed by atoms with Gasteiger partial charge in [-0.2, -0.15) is 0 Å². The molecule has 0 bridgehead atoms. The Labute approximate surface area is 247 Å². The van der Waals surface area contributed by atoms with Crippen LogP contribution in [0.3, 0.4) is 0 Å². The van der Waals surface area contributed by atoms with Gasteiger partial charge in [-0.15, -0.1) is 0 Å². The van der Waals surface area contributed by atoms with Crippen LogP contribution in [0.4, 0.5) is 17.1 Å². The number of hydrogen-bond donors (Lipinski definition) is 0. The zero-order valence-corrected chi connectivity index (χ0v) is 23.2. The van der Waals surface area contributed by atoms with Crippen LogP contribution >= 0.6 is 0 Å². The smallest absolute Gasteiger partial charge is 0.159 e. The van der Waals surface area contributed by atoms with Gasteiger partial charge < -0.3 is 13.7 Å². The summed E-state index contributed by atoms with van der Waals surface area (Å²) in [5.41, 5.74) is 8.85. The van der Waals surface area contributed by atoms with Crippen molar-refractivity contribution in [3.63, 3.8) is 0 Å². The van der Waals surface area contributed by atoms with E-state index in [4.69, 9.17) is 8.83 Å². The molecule has 0 aliphatic rings. The van der Waals surface area contributed by atoms with E-state index in [9.17, 15) is 0 Å². The van der Waals surface area contributed by atoms with Crippen LogP contribution < -0.4 is 4.90 Å². The number of benzene rings is 7. The first-order valence-electron chi connectivity index (χ1n) is 14.5. The fourth-order valence-electron chi connectivity index (χ4n) is 6.36.